The fourth-order valence-corrected chi connectivity index (χ4v) is 5.33. The van der Waals surface area contributed by atoms with E-state index in [1.165, 1.54) is 4.90 Å². The van der Waals surface area contributed by atoms with E-state index in [9.17, 15) is 14.4 Å². The van der Waals surface area contributed by atoms with Crippen LogP contribution in [0, 0.1) is 0 Å². The second-order valence-corrected chi connectivity index (χ2v) is 8.97. The molecule has 2 amide bonds. The normalized spacial score (nSPS) is 13.9. The predicted octanol–water partition coefficient (Wildman–Crippen LogP) is 5.70. The molecule has 6 nitrogen and oxygen atoms in total. The van der Waals surface area contributed by atoms with Crippen LogP contribution in [0.25, 0.3) is 21.9 Å². The Morgan fingerprint density at radius 1 is 0.784 bits per heavy atom. The number of imide groups is 1. The molecule has 2 aliphatic rings. The molecule has 0 fully saturated rings. The van der Waals surface area contributed by atoms with Crippen molar-refractivity contribution in [2.75, 3.05) is 13.2 Å². The Balaban J connectivity index is 1.36. The summed E-state index contributed by atoms with van der Waals surface area (Å²) in [6, 6.07) is 24.3. The van der Waals surface area contributed by atoms with Crippen molar-refractivity contribution in [2.45, 2.75) is 12.5 Å². The minimum absolute atomic E-state index is 0.211. The highest BCUT2D eigenvalue weighted by atomic mass is 16.5. The van der Waals surface area contributed by atoms with Gasteiger partial charge in [0.15, 0.2) is 0 Å². The minimum atomic E-state index is -0.495. The number of carbonyl (C=O) groups excluding carboxylic acids is 3. The Kier molecular flexibility index (Phi) is 5.57. The topological polar surface area (TPSA) is 72.9 Å². The summed E-state index contributed by atoms with van der Waals surface area (Å²) in [5.41, 5.74) is 4.90. The third-order valence-electron chi connectivity index (χ3n) is 6.92. The molecule has 0 unspecified atom stereocenters. The largest absolute Gasteiger partial charge is 0.493 e. The molecule has 0 spiro atoms. The lowest BCUT2D eigenvalue weighted by Crippen LogP contribution is -2.42. The van der Waals surface area contributed by atoms with Gasteiger partial charge in [0, 0.05) is 34.4 Å². The Labute approximate surface area is 213 Å². The van der Waals surface area contributed by atoms with Gasteiger partial charge >= 0.3 is 5.97 Å². The number of rotatable bonds is 7. The molecule has 6 heteroatoms. The van der Waals surface area contributed by atoms with Gasteiger partial charge in [-0.3, -0.25) is 14.5 Å². The first kappa shape index (κ1) is 22.7. The van der Waals surface area contributed by atoms with Crippen LogP contribution in [0.15, 0.2) is 91.5 Å². The summed E-state index contributed by atoms with van der Waals surface area (Å²) in [5, 5.41) is 1.30. The molecule has 182 valence electrons. The zero-order valence-corrected chi connectivity index (χ0v) is 20.0. The highest BCUT2D eigenvalue weighted by molar-refractivity contribution is 6.26. The lowest BCUT2D eigenvalue weighted by molar-refractivity contribution is -0.137. The van der Waals surface area contributed by atoms with E-state index in [2.05, 4.69) is 6.58 Å². The molecule has 1 heterocycles. The van der Waals surface area contributed by atoms with E-state index in [-0.39, 0.29) is 18.4 Å². The van der Waals surface area contributed by atoms with Gasteiger partial charge in [-0.25, -0.2) is 4.79 Å². The zero-order chi connectivity index (χ0) is 25.5. The Bertz CT molecular complexity index is 1540. The minimum Gasteiger partial charge on any atom is -0.493 e. The van der Waals surface area contributed by atoms with E-state index < -0.39 is 12.0 Å². The molecule has 0 atom stereocenters. The smallest absolute Gasteiger partial charge is 0.330 e. The summed E-state index contributed by atoms with van der Waals surface area (Å²) in [4.78, 5) is 40.5. The van der Waals surface area contributed by atoms with Crippen LogP contribution >= 0.6 is 0 Å². The van der Waals surface area contributed by atoms with Gasteiger partial charge in [-0.1, -0.05) is 67.2 Å². The van der Waals surface area contributed by atoms with Crippen molar-refractivity contribution in [3.8, 4) is 16.9 Å². The summed E-state index contributed by atoms with van der Waals surface area (Å²) in [5.74, 6) is -0.557. The van der Waals surface area contributed by atoms with Gasteiger partial charge in [-0.05, 0) is 40.5 Å². The Morgan fingerprint density at radius 3 is 2.08 bits per heavy atom. The van der Waals surface area contributed by atoms with Crippen molar-refractivity contribution in [3.63, 3.8) is 0 Å². The molecule has 1 aliphatic carbocycles. The number of esters is 1. The lowest BCUT2D eigenvalue weighted by Gasteiger charge is -2.33. The van der Waals surface area contributed by atoms with Crippen molar-refractivity contribution in [1.82, 2.24) is 4.90 Å². The predicted molar refractivity (Wildman–Crippen MR) is 139 cm³/mol. The first-order valence-corrected chi connectivity index (χ1v) is 12.1. The number of ether oxygens (including phenoxy) is 2. The molecule has 4 aromatic carbocycles. The van der Waals surface area contributed by atoms with Crippen molar-refractivity contribution < 1.29 is 23.9 Å². The fourth-order valence-electron chi connectivity index (χ4n) is 5.33. The van der Waals surface area contributed by atoms with Crippen LogP contribution in [0.5, 0.6) is 5.75 Å². The van der Waals surface area contributed by atoms with E-state index in [1.54, 1.807) is 18.2 Å². The summed E-state index contributed by atoms with van der Waals surface area (Å²) < 4.78 is 10.9. The van der Waals surface area contributed by atoms with E-state index >= 15 is 0 Å². The molecular weight excluding hydrogens is 466 g/mol. The molecule has 1 aliphatic heterocycles. The first-order chi connectivity index (χ1) is 18.1. The molecular formula is C31H23NO5. The fraction of sp³-hybridized carbons (Fsp3) is 0.129. The number of nitrogens with zero attached hydrogens (tertiary/aromatic N) is 1. The van der Waals surface area contributed by atoms with Gasteiger partial charge in [0.05, 0.1) is 19.3 Å². The molecule has 37 heavy (non-hydrogen) atoms. The van der Waals surface area contributed by atoms with Crippen LogP contribution < -0.4 is 4.74 Å². The number of hydrogen-bond acceptors (Lipinski definition) is 5. The average molecular weight is 490 g/mol. The second-order valence-electron chi connectivity index (χ2n) is 8.97. The molecule has 6 rings (SSSR count). The van der Waals surface area contributed by atoms with E-state index in [0.717, 1.165) is 28.3 Å². The Morgan fingerprint density at radius 2 is 1.41 bits per heavy atom. The van der Waals surface area contributed by atoms with Crippen LogP contribution in [-0.4, -0.2) is 35.9 Å². The summed E-state index contributed by atoms with van der Waals surface area (Å²) in [7, 11) is 0. The van der Waals surface area contributed by atoms with Gasteiger partial charge in [0.1, 0.15) is 5.75 Å². The quantitative estimate of drug-likeness (QED) is 0.144. The molecule has 0 saturated heterocycles. The van der Waals surface area contributed by atoms with E-state index in [0.29, 0.717) is 40.7 Å². The highest BCUT2D eigenvalue weighted by Gasteiger charge is 2.43. The van der Waals surface area contributed by atoms with Gasteiger partial charge in [-0.2, -0.15) is 0 Å². The van der Waals surface area contributed by atoms with Gasteiger partial charge < -0.3 is 9.47 Å². The lowest BCUT2D eigenvalue weighted by atomic mass is 9.91. The van der Waals surface area contributed by atoms with E-state index in [1.807, 2.05) is 60.7 Å². The van der Waals surface area contributed by atoms with Crippen molar-refractivity contribution in [1.29, 1.82) is 0 Å². The zero-order valence-electron chi connectivity index (χ0n) is 20.0. The van der Waals surface area contributed by atoms with Crippen molar-refractivity contribution in [3.05, 3.63) is 114 Å². The summed E-state index contributed by atoms with van der Waals surface area (Å²) in [6.07, 6.45) is 1.61. The number of carbonyl (C=O) groups is 3. The standard InChI is InChI=1S/C31H23NO5/c1-2-27(33)37-18-8-17-36-26-16-15-25-28-23(26)13-7-14-24(28)30(34)32(31(25)35)29-21-11-5-3-9-19(21)20-10-4-6-12-22(20)29/h2-7,9-16,29H,1,8,17-18H2. The van der Waals surface area contributed by atoms with Crippen molar-refractivity contribution in [2.24, 2.45) is 0 Å². The molecule has 4 aromatic rings. The molecule has 0 bridgehead atoms. The highest BCUT2D eigenvalue weighted by Crippen LogP contribution is 2.48. The van der Waals surface area contributed by atoms with Crippen LogP contribution in [0.4, 0.5) is 0 Å². The maximum Gasteiger partial charge on any atom is 0.330 e. The molecule has 0 N–H and O–H groups in total. The van der Waals surface area contributed by atoms with Crippen molar-refractivity contribution >= 4 is 28.6 Å². The Hall–Kier alpha value is -4.71. The third-order valence-corrected chi connectivity index (χ3v) is 6.92. The third kappa shape index (κ3) is 3.61. The SMILES string of the molecule is C=CC(=O)OCCCOc1ccc2c3c(cccc13)C(=O)N(C1c3ccccc3-c3ccccc31)C2=O. The van der Waals surface area contributed by atoms with Crippen LogP contribution in [0.2, 0.25) is 0 Å². The monoisotopic (exact) mass is 489 g/mol. The number of fused-ring (bicyclic) bond motifs is 3. The van der Waals surface area contributed by atoms with Gasteiger partial charge in [-0.15, -0.1) is 0 Å². The maximum atomic E-state index is 13.9. The molecule has 0 saturated carbocycles. The van der Waals surface area contributed by atoms with Gasteiger partial charge in [0.2, 0.25) is 0 Å². The second kappa shape index (κ2) is 9.06. The van der Waals surface area contributed by atoms with Crippen LogP contribution in [-0.2, 0) is 9.53 Å². The average Bonchev–Trinajstić information content (AvgIpc) is 3.26. The van der Waals surface area contributed by atoms with Gasteiger partial charge in [0.25, 0.3) is 11.8 Å². The molecule has 0 aromatic heterocycles. The number of amides is 2. The maximum absolute atomic E-state index is 13.9. The van der Waals surface area contributed by atoms with E-state index in [4.69, 9.17) is 9.47 Å². The van der Waals surface area contributed by atoms with Crippen LogP contribution in [0.1, 0.15) is 44.3 Å². The number of hydrogen-bond donors (Lipinski definition) is 0. The summed E-state index contributed by atoms with van der Waals surface area (Å²) in [6.45, 7) is 3.89. The summed E-state index contributed by atoms with van der Waals surface area (Å²) >= 11 is 0. The molecule has 0 radical (unpaired) electrons. The number of benzene rings is 4. The first-order valence-electron chi connectivity index (χ1n) is 12.1. The van der Waals surface area contributed by atoms with Crippen LogP contribution in [0.3, 0.4) is 0 Å².